The summed E-state index contributed by atoms with van der Waals surface area (Å²) in [7, 11) is 0. The van der Waals surface area contributed by atoms with Crippen molar-refractivity contribution < 1.29 is 9.53 Å². The van der Waals surface area contributed by atoms with Gasteiger partial charge in [-0.1, -0.05) is 19.1 Å². The minimum Gasteiger partial charge on any atom is -0.378 e. The molecule has 1 saturated heterocycles. The fourth-order valence-corrected chi connectivity index (χ4v) is 3.69. The van der Waals surface area contributed by atoms with Crippen molar-refractivity contribution in [3.05, 3.63) is 40.9 Å². The van der Waals surface area contributed by atoms with E-state index in [0.717, 1.165) is 36.0 Å². The minimum atomic E-state index is -0.194. The molecule has 0 atom stereocenters. The van der Waals surface area contributed by atoms with E-state index in [1.807, 2.05) is 23.6 Å². The zero-order valence-corrected chi connectivity index (χ0v) is 16.8. The molecule has 3 rings (SSSR count). The number of anilines is 2. The van der Waals surface area contributed by atoms with Gasteiger partial charge in [-0.3, -0.25) is 15.6 Å². The first-order valence-corrected chi connectivity index (χ1v) is 10.1. The summed E-state index contributed by atoms with van der Waals surface area (Å²) in [6.07, 6.45) is 1.15. The Labute approximate surface area is 168 Å². The van der Waals surface area contributed by atoms with Gasteiger partial charge in [-0.15, -0.1) is 11.3 Å². The maximum absolute atomic E-state index is 12.1. The van der Waals surface area contributed by atoms with Crippen LogP contribution in [0.25, 0.3) is 0 Å². The molecule has 9 heteroatoms. The molecule has 1 aromatic carbocycles. The summed E-state index contributed by atoms with van der Waals surface area (Å²) < 4.78 is 5.35. The number of hydrazine groups is 1. The molecule has 1 aromatic heterocycles. The number of morpholine rings is 1. The predicted octanol–water partition coefficient (Wildman–Crippen LogP) is 2.10. The van der Waals surface area contributed by atoms with Crippen molar-refractivity contribution in [1.29, 1.82) is 0 Å². The monoisotopic (exact) mass is 405 g/mol. The highest BCUT2D eigenvalue weighted by Gasteiger charge is 2.15. The van der Waals surface area contributed by atoms with Crippen molar-refractivity contribution in [1.82, 2.24) is 15.8 Å². The number of benzene rings is 1. The van der Waals surface area contributed by atoms with Gasteiger partial charge < -0.3 is 15.0 Å². The van der Waals surface area contributed by atoms with Gasteiger partial charge in [-0.25, -0.2) is 4.98 Å². The first-order valence-electron chi connectivity index (χ1n) is 8.86. The van der Waals surface area contributed by atoms with Gasteiger partial charge in [0, 0.05) is 24.2 Å². The van der Waals surface area contributed by atoms with Crippen LogP contribution in [0.15, 0.2) is 29.6 Å². The van der Waals surface area contributed by atoms with E-state index in [1.165, 1.54) is 5.56 Å². The Morgan fingerprint density at radius 1 is 1.33 bits per heavy atom. The van der Waals surface area contributed by atoms with Crippen molar-refractivity contribution in [2.24, 2.45) is 0 Å². The molecule has 0 radical (unpaired) electrons. The van der Waals surface area contributed by atoms with E-state index in [2.05, 4.69) is 39.0 Å². The molecule has 1 aliphatic heterocycles. The van der Waals surface area contributed by atoms with Gasteiger partial charge in [0.25, 0.3) is 0 Å². The smallest absolute Gasteiger partial charge is 0.244 e. The lowest BCUT2D eigenvalue weighted by Crippen LogP contribution is -2.44. The average Bonchev–Trinajstić information content (AvgIpc) is 3.15. The summed E-state index contributed by atoms with van der Waals surface area (Å²) in [5.41, 5.74) is 8.18. The highest BCUT2D eigenvalue weighted by atomic mass is 32.1. The summed E-state index contributed by atoms with van der Waals surface area (Å²) in [6, 6.07) is 7.98. The molecular weight excluding hydrogens is 382 g/mol. The Balaban J connectivity index is 1.43. The van der Waals surface area contributed by atoms with Crippen LogP contribution >= 0.6 is 23.6 Å². The van der Waals surface area contributed by atoms with E-state index < -0.39 is 0 Å². The van der Waals surface area contributed by atoms with Gasteiger partial charge in [0.2, 0.25) is 5.91 Å². The Hall–Kier alpha value is -2.23. The third kappa shape index (κ3) is 5.88. The van der Waals surface area contributed by atoms with Crippen LogP contribution in [0.2, 0.25) is 0 Å². The summed E-state index contributed by atoms with van der Waals surface area (Å²) in [4.78, 5) is 18.8. The molecule has 0 aliphatic carbocycles. The largest absolute Gasteiger partial charge is 0.378 e. The zero-order valence-electron chi connectivity index (χ0n) is 15.2. The zero-order chi connectivity index (χ0) is 19.1. The van der Waals surface area contributed by atoms with Crippen molar-refractivity contribution in [2.75, 3.05) is 36.5 Å². The molecule has 0 saturated carbocycles. The molecule has 2 aromatic rings. The van der Waals surface area contributed by atoms with E-state index >= 15 is 0 Å². The number of thiocarbonyl (C=S) groups is 1. The van der Waals surface area contributed by atoms with Gasteiger partial charge in [-0.05, 0) is 36.3 Å². The molecule has 3 N–H and O–H groups in total. The van der Waals surface area contributed by atoms with Crippen LogP contribution in [0.3, 0.4) is 0 Å². The normalized spacial score (nSPS) is 13.9. The topological polar surface area (TPSA) is 78.5 Å². The first-order chi connectivity index (χ1) is 13.1. The molecule has 0 spiro atoms. The second-order valence-corrected chi connectivity index (χ2v) is 7.32. The van der Waals surface area contributed by atoms with Crippen LogP contribution < -0.4 is 21.1 Å². The van der Waals surface area contributed by atoms with E-state index in [9.17, 15) is 4.79 Å². The van der Waals surface area contributed by atoms with Crippen LogP contribution in [-0.2, 0) is 22.4 Å². The summed E-state index contributed by atoms with van der Waals surface area (Å²) >= 11 is 6.77. The number of carbonyl (C=O) groups is 1. The third-order valence-corrected chi connectivity index (χ3v) is 5.23. The van der Waals surface area contributed by atoms with Crippen LogP contribution in [0, 0.1) is 0 Å². The number of nitrogens with one attached hydrogen (secondary N) is 3. The molecule has 7 nitrogen and oxygen atoms in total. The Bertz CT molecular complexity index is 790. The number of aryl methyl sites for hydroxylation is 1. The highest BCUT2D eigenvalue weighted by Crippen LogP contribution is 2.21. The number of rotatable bonds is 5. The molecular formula is C18H23N5O2S2. The number of ether oxygens (including phenoxy) is 1. The van der Waals surface area contributed by atoms with Gasteiger partial charge in [0.1, 0.15) is 0 Å². The molecule has 27 heavy (non-hydrogen) atoms. The van der Waals surface area contributed by atoms with E-state index in [4.69, 9.17) is 17.0 Å². The maximum Gasteiger partial charge on any atom is 0.244 e. The van der Waals surface area contributed by atoms with E-state index in [1.54, 1.807) is 11.3 Å². The molecule has 1 aliphatic rings. The number of aromatic nitrogens is 1. The maximum atomic E-state index is 12.1. The minimum absolute atomic E-state index is 0.194. The molecule has 1 amide bonds. The fourth-order valence-electron chi connectivity index (χ4n) is 2.64. The lowest BCUT2D eigenvalue weighted by molar-refractivity contribution is -0.121. The molecule has 0 unspecified atom stereocenters. The Morgan fingerprint density at radius 3 is 2.93 bits per heavy atom. The summed E-state index contributed by atoms with van der Waals surface area (Å²) in [5.74, 6) is -0.194. The number of carbonyl (C=O) groups excluding carboxylic acids is 1. The van der Waals surface area contributed by atoms with Crippen molar-refractivity contribution in [3.63, 3.8) is 0 Å². The fraction of sp³-hybridized carbons (Fsp3) is 0.389. The third-order valence-electron chi connectivity index (χ3n) is 4.07. The second kappa shape index (κ2) is 9.63. The lowest BCUT2D eigenvalue weighted by Gasteiger charge is -2.26. The summed E-state index contributed by atoms with van der Waals surface area (Å²) in [6.45, 7) is 5.19. The van der Waals surface area contributed by atoms with E-state index in [0.29, 0.717) is 18.3 Å². The van der Waals surface area contributed by atoms with Crippen LogP contribution in [0.5, 0.6) is 0 Å². The van der Waals surface area contributed by atoms with Gasteiger partial charge in [-0.2, -0.15) is 0 Å². The molecule has 0 bridgehead atoms. The highest BCUT2D eigenvalue weighted by molar-refractivity contribution is 7.80. The molecule has 2 heterocycles. The number of hydrogen-bond donors (Lipinski definition) is 3. The summed E-state index contributed by atoms with van der Waals surface area (Å²) in [5, 5.41) is 6.24. The predicted molar refractivity (Wildman–Crippen MR) is 112 cm³/mol. The lowest BCUT2D eigenvalue weighted by atomic mass is 10.1. The van der Waals surface area contributed by atoms with Gasteiger partial charge >= 0.3 is 0 Å². The standard InChI is InChI=1S/C18H23N5O2S2/c1-2-13-4-3-5-14(10-13)19-17(26)22-21-16(24)11-15-12-27-18(20-15)23-6-8-25-9-7-23/h3-5,10,12H,2,6-9,11H2,1H3,(H,21,24)(H2,19,22,26). The quantitative estimate of drug-likeness (QED) is 0.519. The number of thiazole rings is 1. The molecule has 144 valence electrons. The van der Waals surface area contributed by atoms with Crippen molar-refractivity contribution in [3.8, 4) is 0 Å². The first kappa shape index (κ1) is 19.5. The van der Waals surface area contributed by atoms with Crippen LogP contribution in [0.1, 0.15) is 18.2 Å². The van der Waals surface area contributed by atoms with E-state index in [-0.39, 0.29) is 12.3 Å². The SMILES string of the molecule is CCc1cccc(NC(=S)NNC(=O)Cc2csc(N3CCOCC3)n2)c1. The number of nitrogens with zero attached hydrogens (tertiary/aromatic N) is 2. The molecule has 1 fully saturated rings. The van der Waals surface area contributed by atoms with Crippen LogP contribution in [-0.4, -0.2) is 42.3 Å². The Morgan fingerprint density at radius 2 is 2.15 bits per heavy atom. The number of amides is 1. The Kier molecular flexibility index (Phi) is 6.97. The average molecular weight is 406 g/mol. The van der Waals surface area contributed by atoms with Crippen molar-refractivity contribution in [2.45, 2.75) is 19.8 Å². The number of hydrogen-bond acceptors (Lipinski definition) is 6. The van der Waals surface area contributed by atoms with Crippen molar-refractivity contribution >= 4 is 45.4 Å². The van der Waals surface area contributed by atoms with Gasteiger partial charge in [0.15, 0.2) is 10.2 Å². The second-order valence-electron chi connectivity index (χ2n) is 6.08. The van der Waals surface area contributed by atoms with Crippen LogP contribution in [0.4, 0.5) is 10.8 Å². The van der Waals surface area contributed by atoms with Gasteiger partial charge in [0.05, 0.1) is 25.3 Å².